The Morgan fingerprint density at radius 1 is 0.933 bits per heavy atom. The van der Waals surface area contributed by atoms with Crippen LogP contribution in [0.15, 0.2) is 54.6 Å². The van der Waals surface area contributed by atoms with Gasteiger partial charge in [0.2, 0.25) is 0 Å². The molecule has 0 aliphatic heterocycles. The minimum absolute atomic E-state index is 0.207. The highest BCUT2D eigenvalue weighted by molar-refractivity contribution is 7.16. The van der Waals surface area contributed by atoms with Gasteiger partial charge in [0.05, 0.1) is 11.4 Å². The van der Waals surface area contributed by atoms with E-state index < -0.39 is 0 Å². The van der Waals surface area contributed by atoms with Crippen molar-refractivity contribution in [3.8, 4) is 6.07 Å². The SMILES string of the molecule is CC(C)(C)c1nc(Nc2nnc(/C=C/c3ccccc3)c3ccccc23)sc1C#N. The van der Waals surface area contributed by atoms with Gasteiger partial charge in [0.1, 0.15) is 10.9 Å². The monoisotopic (exact) mass is 411 g/mol. The molecule has 0 saturated carbocycles. The van der Waals surface area contributed by atoms with E-state index in [4.69, 9.17) is 0 Å². The average molecular weight is 412 g/mol. The zero-order valence-electron chi connectivity index (χ0n) is 17.0. The van der Waals surface area contributed by atoms with E-state index in [2.05, 4.69) is 47.3 Å². The Balaban J connectivity index is 1.71. The minimum atomic E-state index is -0.207. The molecule has 0 bridgehead atoms. The van der Waals surface area contributed by atoms with Crippen LogP contribution in [0, 0.1) is 11.3 Å². The second-order valence-electron chi connectivity index (χ2n) is 7.91. The van der Waals surface area contributed by atoms with E-state index in [9.17, 15) is 5.26 Å². The van der Waals surface area contributed by atoms with Crippen molar-refractivity contribution in [3.05, 3.63) is 76.4 Å². The molecule has 0 amide bonds. The summed E-state index contributed by atoms with van der Waals surface area (Å²) in [5.74, 6) is 0.626. The highest BCUT2D eigenvalue weighted by atomic mass is 32.1. The number of thiazole rings is 1. The first kappa shape index (κ1) is 19.7. The van der Waals surface area contributed by atoms with Gasteiger partial charge in [-0.1, -0.05) is 92.8 Å². The Hall–Kier alpha value is -3.56. The number of benzene rings is 2. The van der Waals surface area contributed by atoms with E-state index in [1.807, 2.05) is 66.7 Å². The van der Waals surface area contributed by atoms with Crippen LogP contribution in [0.25, 0.3) is 22.9 Å². The van der Waals surface area contributed by atoms with Gasteiger partial charge >= 0.3 is 0 Å². The highest BCUT2D eigenvalue weighted by Crippen LogP contribution is 2.34. The molecule has 2 aromatic carbocycles. The number of hydrogen-bond acceptors (Lipinski definition) is 6. The van der Waals surface area contributed by atoms with Crippen LogP contribution in [-0.4, -0.2) is 15.2 Å². The Morgan fingerprint density at radius 2 is 1.63 bits per heavy atom. The maximum atomic E-state index is 9.48. The molecule has 0 fully saturated rings. The summed E-state index contributed by atoms with van der Waals surface area (Å²) in [6.07, 6.45) is 4.00. The minimum Gasteiger partial charge on any atom is -0.314 e. The van der Waals surface area contributed by atoms with E-state index >= 15 is 0 Å². The fourth-order valence-corrected chi connectivity index (χ4v) is 4.11. The van der Waals surface area contributed by atoms with Gasteiger partial charge in [-0.25, -0.2) is 4.98 Å². The van der Waals surface area contributed by atoms with E-state index in [-0.39, 0.29) is 5.41 Å². The Bertz CT molecular complexity index is 1260. The molecule has 0 spiro atoms. The second kappa shape index (κ2) is 8.05. The smallest absolute Gasteiger partial charge is 0.189 e. The topological polar surface area (TPSA) is 74.5 Å². The molecule has 30 heavy (non-hydrogen) atoms. The van der Waals surface area contributed by atoms with Crippen LogP contribution in [0.4, 0.5) is 10.9 Å². The first-order chi connectivity index (χ1) is 14.5. The van der Waals surface area contributed by atoms with Crippen molar-refractivity contribution in [1.82, 2.24) is 15.2 Å². The van der Waals surface area contributed by atoms with Crippen LogP contribution in [0.2, 0.25) is 0 Å². The predicted octanol–water partition coefficient (Wildman–Crippen LogP) is 6.17. The van der Waals surface area contributed by atoms with E-state index in [1.165, 1.54) is 11.3 Å². The van der Waals surface area contributed by atoms with Crippen LogP contribution in [0.1, 0.15) is 42.6 Å². The zero-order valence-corrected chi connectivity index (χ0v) is 17.9. The molecule has 0 aliphatic carbocycles. The molecule has 2 aromatic heterocycles. The molecular formula is C24H21N5S. The third kappa shape index (κ3) is 4.07. The van der Waals surface area contributed by atoms with Gasteiger partial charge in [-0.3, -0.25) is 0 Å². The number of fused-ring (bicyclic) bond motifs is 1. The van der Waals surface area contributed by atoms with Crippen LogP contribution in [-0.2, 0) is 5.41 Å². The molecule has 0 saturated heterocycles. The lowest BCUT2D eigenvalue weighted by Gasteiger charge is -2.15. The first-order valence-corrected chi connectivity index (χ1v) is 10.4. The van der Waals surface area contributed by atoms with Crippen LogP contribution in [0.5, 0.6) is 0 Å². The van der Waals surface area contributed by atoms with E-state index in [1.54, 1.807) is 0 Å². The van der Waals surface area contributed by atoms with Crippen molar-refractivity contribution in [3.63, 3.8) is 0 Å². The summed E-state index contributed by atoms with van der Waals surface area (Å²) in [6, 6.07) is 20.4. The molecule has 0 aliphatic rings. The van der Waals surface area contributed by atoms with Crippen molar-refractivity contribution < 1.29 is 0 Å². The largest absolute Gasteiger partial charge is 0.314 e. The highest BCUT2D eigenvalue weighted by Gasteiger charge is 2.23. The summed E-state index contributed by atoms with van der Waals surface area (Å²) in [4.78, 5) is 5.27. The fraction of sp³-hybridized carbons (Fsp3) is 0.167. The maximum absolute atomic E-state index is 9.48. The molecule has 4 rings (SSSR count). The summed E-state index contributed by atoms with van der Waals surface area (Å²) < 4.78 is 0. The first-order valence-electron chi connectivity index (χ1n) is 9.62. The van der Waals surface area contributed by atoms with Crippen LogP contribution >= 0.6 is 11.3 Å². The molecule has 148 valence electrons. The van der Waals surface area contributed by atoms with Crippen molar-refractivity contribution in [2.24, 2.45) is 0 Å². The Kier molecular flexibility index (Phi) is 5.30. The molecule has 6 heteroatoms. The van der Waals surface area contributed by atoms with Crippen molar-refractivity contribution >= 4 is 45.2 Å². The van der Waals surface area contributed by atoms with Gasteiger partial charge in [-0.15, -0.1) is 10.2 Å². The van der Waals surface area contributed by atoms with Gasteiger partial charge < -0.3 is 5.32 Å². The Labute approximate surface area is 179 Å². The van der Waals surface area contributed by atoms with Crippen molar-refractivity contribution in [2.45, 2.75) is 26.2 Å². The third-order valence-electron chi connectivity index (χ3n) is 4.61. The summed E-state index contributed by atoms with van der Waals surface area (Å²) >= 11 is 1.34. The summed E-state index contributed by atoms with van der Waals surface area (Å²) in [6.45, 7) is 6.15. The average Bonchev–Trinajstić information content (AvgIpc) is 3.17. The quantitative estimate of drug-likeness (QED) is 0.435. The van der Waals surface area contributed by atoms with Gasteiger partial charge in [0, 0.05) is 16.2 Å². The molecule has 1 N–H and O–H groups in total. The van der Waals surface area contributed by atoms with Crippen molar-refractivity contribution in [1.29, 1.82) is 5.26 Å². The lowest BCUT2D eigenvalue weighted by atomic mass is 9.91. The number of anilines is 2. The number of nitrogens with one attached hydrogen (secondary N) is 1. The number of nitriles is 1. The van der Waals surface area contributed by atoms with Gasteiger partial charge in [0.25, 0.3) is 0 Å². The third-order valence-corrected chi connectivity index (χ3v) is 5.49. The molecule has 2 heterocycles. The molecule has 4 aromatic rings. The molecule has 0 atom stereocenters. The summed E-state index contributed by atoms with van der Waals surface area (Å²) in [5.41, 5.74) is 2.48. The van der Waals surface area contributed by atoms with Gasteiger partial charge in [-0.2, -0.15) is 5.26 Å². The molecule has 0 unspecified atom stereocenters. The fourth-order valence-electron chi connectivity index (χ4n) is 3.14. The lowest BCUT2D eigenvalue weighted by Crippen LogP contribution is -2.13. The molecule has 5 nitrogen and oxygen atoms in total. The lowest BCUT2D eigenvalue weighted by molar-refractivity contribution is 0.572. The van der Waals surface area contributed by atoms with E-state index in [0.717, 1.165) is 27.7 Å². The summed E-state index contributed by atoms with van der Waals surface area (Å²) in [7, 11) is 0. The molecule has 0 radical (unpaired) electrons. The second-order valence-corrected chi connectivity index (χ2v) is 8.91. The van der Waals surface area contributed by atoms with E-state index in [0.29, 0.717) is 15.8 Å². The number of hydrogen-bond donors (Lipinski definition) is 1. The number of aromatic nitrogens is 3. The number of rotatable bonds is 4. The zero-order chi connectivity index (χ0) is 21.1. The summed E-state index contributed by atoms with van der Waals surface area (Å²) in [5, 5.41) is 24.2. The van der Waals surface area contributed by atoms with Gasteiger partial charge in [0.15, 0.2) is 10.9 Å². The van der Waals surface area contributed by atoms with Crippen molar-refractivity contribution in [2.75, 3.05) is 5.32 Å². The molecular weight excluding hydrogens is 390 g/mol. The number of nitrogens with zero attached hydrogens (tertiary/aromatic N) is 4. The van der Waals surface area contributed by atoms with Crippen LogP contribution in [0.3, 0.4) is 0 Å². The maximum Gasteiger partial charge on any atom is 0.189 e. The van der Waals surface area contributed by atoms with Gasteiger partial charge in [-0.05, 0) is 11.6 Å². The van der Waals surface area contributed by atoms with Crippen LogP contribution < -0.4 is 5.32 Å². The predicted molar refractivity (Wildman–Crippen MR) is 124 cm³/mol. The normalized spacial score (nSPS) is 11.7. The standard InChI is InChI=1S/C24H21N5S/c1-24(2,3)21-20(15-25)30-23(26-21)27-22-18-12-8-7-11-17(18)19(28-29-22)14-13-16-9-5-4-6-10-16/h4-14H,1-3H3,(H,26,27,29)/b14-13+. The Morgan fingerprint density at radius 3 is 2.30 bits per heavy atom.